The predicted octanol–water partition coefficient (Wildman–Crippen LogP) is 1.29. The monoisotopic (exact) mass is 238 g/mol. The van der Waals surface area contributed by atoms with Gasteiger partial charge in [0, 0.05) is 18.0 Å². The van der Waals surface area contributed by atoms with Crippen molar-refractivity contribution in [3.05, 3.63) is 11.8 Å². The van der Waals surface area contributed by atoms with Crippen LogP contribution in [0.5, 0.6) is 0 Å². The van der Waals surface area contributed by atoms with Gasteiger partial charge in [-0.25, -0.2) is 0 Å². The minimum Gasteiger partial charge on any atom is -0.423 e. The van der Waals surface area contributed by atoms with Gasteiger partial charge in [-0.1, -0.05) is 20.8 Å². The third kappa shape index (κ3) is 3.26. The molecule has 1 aromatic rings. The number of nitrogens with zero attached hydrogens (tertiary/aromatic N) is 3. The normalized spacial score (nSPS) is 22.9. The molecule has 2 N–H and O–H groups in total. The van der Waals surface area contributed by atoms with Crippen molar-refractivity contribution in [2.24, 2.45) is 5.73 Å². The Bertz CT molecular complexity index is 369. The van der Waals surface area contributed by atoms with Gasteiger partial charge in [0.05, 0.1) is 6.54 Å². The standard InChI is InChI=1S/C12H22N4O/c1-12(2,3)11-15-14-10(17-11)8-16-6-4-5-9(13)7-16/h9H,4-8,13H2,1-3H3/t9-/m1/s1. The van der Waals surface area contributed by atoms with Crippen molar-refractivity contribution >= 4 is 0 Å². The molecule has 5 heteroatoms. The summed E-state index contributed by atoms with van der Waals surface area (Å²) in [5.74, 6) is 1.40. The molecule has 0 radical (unpaired) electrons. The molecule has 0 bridgehead atoms. The number of likely N-dealkylation sites (tertiary alicyclic amines) is 1. The first-order valence-corrected chi connectivity index (χ1v) is 6.26. The highest BCUT2D eigenvalue weighted by atomic mass is 16.4. The van der Waals surface area contributed by atoms with E-state index in [0.29, 0.717) is 11.8 Å². The molecular formula is C12H22N4O. The maximum Gasteiger partial charge on any atom is 0.230 e. The molecule has 1 aliphatic rings. The van der Waals surface area contributed by atoms with E-state index < -0.39 is 0 Å². The van der Waals surface area contributed by atoms with Crippen molar-refractivity contribution < 1.29 is 4.42 Å². The first-order valence-electron chi connectivity index (χ1n) is 6.26. The van der Waals surface area contributed by atoms with Gasteiger partial charge in [0.2, 0.25) is 11.8 Å². The number of hydrogen-bond acceptors (Lipinski definition) is 5. The van der Waals surface area contributed by atoms with Crippen LogP contribution in [0.1, 0.15) is 45.4 Å². The molecule has 1 fully saturated rings. The SMILES string of the molecule is CC(C)(C)c1nnc(CN2CCC[C@@H](N)C2)o1. The second-order valence-corrected chi connectivity index (χ2v) is 5.89. The summed E-state index contributed by atoms with van der Waals surface area (Å²) in [7, 11) is 0. The van der Waals surface area contributed by atoms with Crippen LogP contribution in [-0.2, 0) is 12.0 Å². The fourth-order valence-corrected chi connectivity index (χ4v) is 2.05. The first-order chi connectivity index (χ1) is 7.95. The van der Waals surface area contributed by atoms with Crippen molar-refractivity contribution in [3.63, 3.8) is 0 Å². The summed E-state index contributed by atoms with van der Waals surface area (Å²) in [6, 6.07) is 0.286. The maximum atomic E-state index is 5.94. The molecule has 0 aliphatic carbocycles. The fraction of sp³-hybridized carbons (Fsp3) is 0.833. The van der Waals surface area contributed by atoms with Crippen LogP contribution in [0.25, 0.3) is 0 Å². The summed E-state index contributed by atoms with van der Waals surface area (Å²) in [6.45, 7) is 8.92. The lowest BCUT2D eigenvalue weighted by Gasteiger charge is -2.29. The summed E-state index contributed by atoms with van der Waals surface area (Å²) < 4.78 is 5.68. The Balaban J connectivity index is 1.97. The fourth-order valence-electron chi connectivity index (χ4n) is 2.05. The van der Waals surface area contributed by atoms with E-state index in [1.165, 1.54) is 0 Å². The molecule has 0 spiro atoms. The van der Waals surface area contributed by atoms with Crippen molar-refractivity contribution in [1.29, 1.82) is 0 Å². The van der Waals surface area contributed by atoms with E-state index in [9.17, 15) is 0 Å². The molecule has 96 valence electrons. The highest BCUT2D eigenvalue weighted by Crippen LogP contribution is 2.21. The Morgan fingerprint density at radius 3 is 2.76 bits per heavy atom. The summed E-state index contributed by atoms with van der Waals surface area (Å²) in [5.41, 5.74) is 5.87. The third-order valence-corrected chi connectivity index (χ3v) is 3.01. The van der Waals surface area contributed by atoms with Crippen LogP contribution in [0.4, 0.5) is 0 Å². The van der Waals surface area contributed by atoms with Gasteiger partial charge >= 0.3 is 0 Å². The number of aromatic nitrogens is 2. The molecule has 1 aromatic heterocycles. The lowest BCUT2D eigenvalue weighted by molar-refractivity contribution is 0.182. The molecule has 0 amide bonds. The largest absolute Gasteiger partial charge is 0.423 e. The van der Waals surface area contributed by atoms with E-state index in [1.54, 1.807) is 0 Å². The van der Waals surface area contributed by atoms with Gasteiger partial charge < -0.3 is 10.2 Å². The lowest BCUT2D eigenvalue weighted by atomic mass is 9.97. The molecule has 0 saturated carbocycles. The molecule has 2 rings (SSSR count). The Labute approximate surface area is 102 Å². The van der Waals surface area contributed by atoms with E-state index in [0.717, 1.165) is 32.5 Å². The zero-order valence-corrected chi connectivity index (χ0v) is 10.9. The quantitative estimate of drug-likeness (QED) is 0.841. The van der Waals surface area contributed by atoms with Gasteiger partial charge in [0.15, 0.2) is 0 Å². The minimum absolute atomic E-state index is 0.0798. The number of nitrogens with two attached hydrogens (primary N) is 1. The highest BCUT2D eigenvalue weighted by molar-refractivity contribution is 4.96. The second kappa shape index (κ2) is 4.74. The van der Waals surface area contributed by atoms with Crippen molar-refractivity contribution in [2.75, 3.05) is 13.1 Å². The van der Waals surface area contributed by atoms with E-state index in [-0.39, 0.29) is 11.5 Å². The molecule has 1 aliphatic heterocycles. The Kier molecular flexibility index (Phi) is 3.49. The van der Waals surface area contributed by atoms with Crippen LogP contribution in [0.3, 0.4) is 0 Å². The zero-order chi connectivity index (χ0) is 12.5. The summed E-state index contributed by atoms with van der Waals surface area (Å²) >= 11 is 0. The average molecular weight is 238 g/mol. The van der Waals surface area contributed by atoms with Gasteiger partial charge in [-0.15, -0.1) is 10.2 Å². The third-order valence-electron chi connectivity index (χ3n) is 3.01. The van der Waals surface area contributed by atoms with E-state index in [1.807, 2.05) is 0 Å². The van der Waals surface area contributed by atoms with E-state index in [2.05, 4.69) is 35.9 Å². The summed E-state index contributed by atoms with van der Waals surface area (Å²) in [6.07, 6.45) is 2.27. The molecule has 1 atom stereocenters. The van der Waals surface area contributed by atoms with Crippen LogP contribution in [0.2, 0.25) is 0 Å². The molecule has 1 saturated heterocycles. The smallest absolute Gasteiger partial charge is 0.230 e. The Morgan fingerprint density at radius 2 is 2.18 bits per heavy atom. The number of hydrogen-bond donors (Lipinski definition) is 1. The van der Waals surface area contributed by atoms with Gasteiger partial charge in [-0.05, 0) is 19.4 Å². The Hall–Kier alpha value is -0.940. The lowest BCUT2D eigenvalue weighted by Crippen LogP contribution is -2.42. The average Bonchev–Trinajstić information content (AvgIpc) is 2.65. The first kappa shape index (κ1) is 12.5. The Morgan fingerprint density at radius 1 is 1.41 bits per heavy atom. The van der Waals surface area contributed by atoms with Crippen LogP contribution in [-0.4, -0.2) is 34.2 Å². The van der Waals surface area contributed by atoms with E-state index in [4.69, 9.17) is 10.2 Å². The minimum atomic E-state index is -0.0798. The molecule has 0 aromatic carbocycles. The van der Waals surface area contributed by atoms with E-state index >= 15 is 0 Å². The van der Waals surface area contributed by atoms with Crippen LogP contribution in [0, 0.1) is 0 Å². The number of piperidine rings is 1. The topological polar surface area (TPSA) is 68.2 Å². The van der Waals surface area contributed by atoms with Crippen LogP contribution >= 0.6 is 0 Å². The molecule has 0 unspecified atom stereocenters. The summed E-state index contributed by atoms with van der Waals surface area (Å²) in [5, 5.41) is 8.20. The zero-order valence-electron chi connectivity index (χ0n) is 10.9. The summed E-state index contributed by atoms with van der Waals surface area (Å²) in [4.78, 5) is 2.29. The van der Waals surface area contributed by atoms with Gasteiger partial charge in [0.25, 0.3) is 0 Å². The maximum absolute atomic E-state index is 5.94. The molecule has 5 nitrogen and oxygen atoms in total. The van der Waals surface area contributed by atoms with Crippen LogP contribution in [0.15, 0.2) is 4.42 Å². The second-order valence-electron chi connectivity index (χ2n) is 5.89. The molecule has 17 heavy (non-hydrogen) atoms. The number of rotatable bonds is 2. The van der Waals surface area contributed by atoms with Crippen molar-refractivity contribution in [3.8, 4) is 0 Å². The molecular weight excluding hydrogens is 216 g/mol. The van der Waals surface area contributed by atoms with Crippen molar-refractivity contribution in [2.45, 2.75) is 51.6 Å². The van der Waals surface area contributed by atoms with Crippen LogP contribution < -0.4 is 5.73 Å². The molecule has 2 heterocycles. The van der Waals surface area contributed by atoms with Gasteiger partial charge in [-0.3, -0.25) is 4.90 Å². The van der Waals surface area contributed by atoms with Gasteiger partial charge in [-0.2, -0.15) is 0 Å². The predicted molar refractivity (Wildman–Crippen MR) is 65.5 cm³/mol. The van der Waals surface area contributed by atoms with Crippen molar-refractivity contribution in [1.82, 2.24) is 15.1 Å². The highest BCUT2D eigenvalue weighted by Gasteiger charge is 2.23. The van der Waals surface area contributed by atoms with Gasteiger partial charge in [0.1, 0.15) is 0 Å².